The highest BCUT2D eigenvalue weighted by atomic mass is 19.1. The molecule has 1 atom stereocenters. The van der Waals surface area contributed by atoms with Crippen LogP contribution in [0.15, 0.2) is 67.5 Å². The molecule has 8 heteroatoms. The van der Waals surface area contributed by atoms with Crippen LogP contribution in [-0.2, 0) is 13.5 Å². The summed E-state index contributed by atoms with van der Waals surface area (Å²) in [7, 11) is 1.93. The predicted molar refractivity (Wildman–Crippen MR) is 126 cm³/mol. The smallest absolute Gasteiger partial charge is 0.253 e. The Kier molecular flexibility index (Phi) is 6.12. The molecule has 0 N–H and O–H groups in total. The zero-order chi connectivity index (χ0) is 23.5. The number of nitrogens with zero attached hydrogens (tertiary/aromatic N) is 6. The third kappa shape index (κ3) is 4.71. The number of carbonyl (C=O) groups is 1. The lowest BCUT2D eigenvalue weighted by Gasteiger charge is -2.32. The molecule has 1 amide bonds. The number of imidazole rings is 1. The molecule has 7 nitrogen and oxygen atoms in total. The van der Waals surface area contributed by atoms with Gasteiger partial charge >= 0.3 is 0 Å². The van der Waals surface area contributed by atoms with Crippen LogP contribution in [0.2, 0.25) is 0 Å². The standard InChI is InChI=1S/C26H25FN6O/c1-32-17-29-15-25(32)24-14-28-13-23(31-24)20-5-3-9-33(16-20)26(34)19-7-8-30-22(12-19)11-18-4-2-6-21(27)10-18/h2,4,6-8,10,12-15,17,20H,3,5,9,11,16H2,1H3/t20-/m1/s1. The van der Waals surface area contributed by atoms with E-state index in [2.05, 4.69) is 15.0 Å². The first-order chi connectivity index (χ1) is 16.6. The number of likely N-dealkylation sites (tertiary alicyclic amines) is 1. The molecule has 0 aliphatic carbocycles. The number of rotatable bonds is 5. The molecule has 0 saturated carbocycles. The van der Waals surface area contributed by atoms with Crippen LogP contribution in [0.5, 0.6) is 0 Å². The first-order valence-corrected chi connectivity index (χ1v) is 11.3. The van der Waals surface area contributed by atoms with Crippen molar-refractivity contribution in [3.8, 4) is 11.4 Å². The van der Waals surface area contributed by atoms with Gasteiger partial charge in [-0.3, -0.25) is 14.8 Å². The Bertz CT molecular complexity index is 1320. The van der Waals surface area contributed by atoms with Gasteiger partial charge in [-0.2, -0.15) is 0 Å². The summed E-state index contributed by atoms with van der Waals surface area (Å²) in [4.78, 5) is 33.0. The van der Waals surface area contributed by atoms with Crippen molar-refractivity contribution in [3.05, 3.63) is 95.8 Å². The van der Waals surface area contributed by atoms with Crippen LogP contribution in [-0.4, -0.2) is 48.4 Å². The van der Waals surface area contributed by atoms with E-state index in [0.29, 0.717) is 25.1 Å². The average Bonchev–Trinajstić information content (AvgIpc) is 3.30. The summed E-state index contributed by atoms with van der Waals surface area (Å²) < 4.78 is 15.4. The molecule has 0 spiro atoms. The van der Waals surface area contributed by atoms with Gasteiger partial charge in [-0.15, -0.1) is 0 Å². The van der Waals surface area contributed by atoms with Gasteiger partial charge in [0.1, 0.15) is 11.5 Å². The van der Waals surface area contributed by atoms with E-state index in [1.54, 1.807) is 49.3 Å². The molecule has 4 aromatic rings. The average molecular weight is 457 g/mol. The molecule has 0 radical (unpaired) electrons. The molecule has 34 heavy (non-hydrogen) atoms. The number of halogens is 1. The Morgan fingerprint density at radius 2 is 2.06 bits per heavy atom. The van der Waals surface area contributed by atoms with Crippen molar-refractivity contribution < 1.29 is 9.18 Å². The Hall–Kier alpha value is -3.94. The van der Waals surface area contributed by atoms with Crippen molar-refractivity contribution in [1.82, 2.24) is 29.4 Å². The molecular formula is C26H25FN6O. The van der Waals surface area contributed by atoms with E-state index in [-0.39, 0.29) is 17.6 Å². The third-order valence-electron chi connectivity index (χ3n) is 6.20. The van der Waals surface area contributed by atoms with Crippen LogP contribution in [0, 0.1) is 5.82 Å². The van der Waals surface area contributed by atoms with Gasteiger partial charge in [-0.25, -0.2) is 14.4 Å². The number of piperidine rings is 1. The maximum absolute atomic E-state index is 13.5. The fourth-order valence-corrected chi connectivity index (χ4v) is 4.45. The first kappa shape index (κ1) is 21.9. The lowest BCUT2D eigenvalue weighted by molar-refractivity contribution is 0.0705. The zero-order valence-corrected chi connectivity index (χ0v) is 18.9. The van der Waals surface area contributed by atoms with Gasteiger partial charge in [0, 0.05) is 56.1 Å². The predicted octanol–water partition coefficient (Wildman–Crippen LogP) is 4.02. The molecule has 1 aliphatic heterocycles. The van der Waals surface area contributed by atoms with Crippen molar-refractivity contribution in [2.75, 3.05) is 13.1 Å². The second-order valence-corrected chi connectivity index (χ2v) is 8.65. The number of pyridine rings is 1. The molecule has 0 bridgehead atoms. The minimum Gasteiger partial charge on any atom is -0.338 e. The Labute approximate surface area is 197 Å². The fraction of sp³-hybridized carbons (Fsp3) is 0.269. The number of aryl methyl sites for hydroxylation is 1. The van der Waals surface area contributed by atoms with Gasteiger partial charge in [-0.1, -0.05) is 12.1 Å². The Morgan fingerprint density at radius 1 is 1.15 bits per heavy atom. The minimum absolute atomic E-state index is 0.0247. The van der Waals surface area contributed by atoms with Crippen molar-refractivity contribution in [1.29, 1.82) is 0 Å². The third-order valence-corrected chi connectivity index (χ3v) is 6.20. The van der Waals surface area contributed by atoms with E-state index < -0.39 is 0 Å². The molecular weight excluding hydrogens is 431 g/mol. The quantitative estimate of drug-likeness (QED) is 0.453. The van der Waals surface area contributed by atoms with E-state index in [4.69, 9.17) is 4.98 Å². The number of hydrogen-bond donors (Lipinski definition) is 0. The van der Waals surface area contributed by atoms with Gasteiger partial charge in [0.25, 0.3) is 5.91 Å². The summed E-state index contributed by atoms with van der Waals surface area (Å²) >= 11 is 0. The van der Waals surface area contributed by atoms with Crippen LogP contribution in [0.1, 0.15) is 46.1 Å². The monoisotopic (exact) mass is 456 g/mol. The summed E-state index contributed by atoms with van der Waals surface area (Å²) in [5.41, 5.74) is 4.72. The highest BCUT2D eigenvalue weighted by molar-refractivity contribution is 5.94. The maximum Gasteiger partial charge on any atom is 0.253 e. The van der Waals surface area contributed by atoms with E-state index in [1.165, 1.54) is 12.1 Å². The molecule has 1 fully saturated rings. The Morgan fingerprint density at radius 3 is 2.88 bits per heavy atom. The van der Waals surface area contributed by atoms with Gasteiger partial charge in [0.15, 0.2) is 0 Å². The van der Waals surface area contributed by atoms with Crippen LogP contribution in [0.4, 0.5) is 4.39 Å². The summed E-state index contributed by atoms with van der Waals surface area (Å²) in [6, 6.07) is 9.99. The number of hydrogen-bond acceptors (Lipinski definition) is 5. The molecule has 5 rings (SSSR count). The van der Waals surface area contributed by atoms with Crippen LogP contribution in [0.25, 0.3) is 11.4 Å². The van der Waals surface area contributed by atoms with E-state index >= 15 is 0 Å². The molecule has 1 aliphatic rings. The summed E-state index contributed by atoms with van der Waals surface area (Å²) in [5.74, 6) is -0.185. The van der Waals surface area contributed by atoms with Crippen LogP contribution in [0.3, 0.4) is 0 Å². The van der Waals surface area contributed by atoms with E-state index in [1.807, 2.05) is 22.6 Å². The SMILES string of the molecule is Cn1cncc1-c1cncc([C@@H]2CCCN(C(=O)c3ccnc(Cc4cccc(F)c4)c3)C2)n1. The first-order valence-electron chi connectivity index (χ1n) is 11.3. The molecule has 4 heterocycles. The van der Waals surface area contributed by atoms with E-state index in [0.717, 1.165) is 41.2 Å². The molecule has 172 valence electrons. The largest absolute Gasteiger partial charge is 0.338 e. The topological polar surface area (TPSA) is 76.8 Å². The molecule has 3 aromatic heterocycles. The van der Waals surface area contributed by atoms with Crippen LogP contribution < -0.4 is 0 Å². The lowest BCUT2D eigenvalue weighted by Crippen LogP contribution is -2.39. The molecule has 1 aromatic carbocycles. The van der Waals surface area contributed by atoms with Gasteiger partial charge < -0.3 is 9.47 Å². The van der Waals surface area contributed by atoms with Gasteiger partial charge in [-0.05, 0) is 42.7 Å². The number of carbonyl (C=O) groups excluding carboxylic acids is 1. The second kappa shape index (κ2) is 9.51. The van der Waals surface area contributed by atoms with Gasteiger partial charge in [0.2, 0.25) is 0 Å². The zero-order valence-electron chi connectivity index (χ0n) is 18.9. The molecule has 0 unspecified atom stereocenters. The number of amides is 1. The summed E-state index contributed by atoms with van der Waals surface area (Å²) in [5, 5.41) is 0. The maximum atomic E-state index is 13.5. The van der Waals surface area contributed by atoms with Crippen LogP contribution >= 0.6 is 0 Å². The second-order valence-electron chi connectivity index (χ2n) is 8.65. The normalized spacial score (nSPS) is 15.9. The summed E-state index contributed by atoms with van der Waals surface area (Å²) in [6.07, 6.45) is 11.0. The Balaban J connectivity index is 1.32. The van der Waals surface area contributed by atoms with Crippen molar-refractivity contribution in [2.45, 2.75) is 25.2 Å². The number of benzene rings is 1. The fourth-order valence-electron chi connectivity index (χ4n) is 4.45. The summed E-state index contributed by atoms with van der Waals surface area (Å²) in [6.45, 7) is 1.29. The van der Waals surface area contributed by atoms with Crippen molar-refractivity contribution in [3.63, 3.8) is 0 Å². The highest BCUT2D eigenvalue weighted by Crippen LogP contribution is 2.28. The minimum atomic E-state index is -0.278. The van der Waals surface area contributed by atoms with Gasteiger partial charge in [0.05, 0.1) is 30.1 Å². The molecule has 1 saturated heterocycles. The lowest BCUT2D eigenvalue weighted by atomic mass is 9.94. The number of aromatic nitrogens is 5. The van der Waals surface area contributed by atoms with E-state index in [9.17, 15) is 9.18 Å². The van der Waals surface area contributed by atoms with Crippen molar-refractivity contribution in [2.24, 2.45) is 7.05 Å². The van der Waals surface area contributed by atoms with Crippen molar-refractivity contribution >= 4 is 5.91 Å². The highest BCUT2D eigenvalue weighted by Gasteiger charge is 2.27.